The highest BCUT2D eigenvalue weighted by Crippen LogP contribution is 2.20. The summed E-state index contributed by atoms with van der Waals surface area (Å²) in [6.45, 7) is 4.28. The molecule has 1 aliphatic rings. The summed E-state index contributed by atoms with van der Waals surface area (Å²) in [6.07, 6.45) is 5.99. The predicted molar refractivity (Wildman–Crippen MR) is 105 cm³/mol. The fourth-order valence-corrected chi connectivity index (χ4v) is 3.68. The summed E-state index contributed by atoms with van der Waals surface area (Å²) in [7, 11) is 0. The van der Waals surface area contributed by atoms with Gasteiger partial charge >= 0.3 is 0 Å². The van der Waals surface area contributed by atoms with Crippen molar-refractivity contribution in [1.29, 1.82) is 0 Å². The number of aliphatic hydroxyl groups excluding tert-OH is 1. The average Bonchev–Trinajstić information content (AvgIpc) is 3.17. The molecule has 0 aliphatic carbocycles. The van der Waals surface area contributed by atoms with Crippen molar-refractivity contribution in [2.24, 2.45) is 5.92 Å². The topological polar surface area (TPSA) is 64.2 Å². The normalized spacial score (nSPS) is 16.2. The molecule has 0 spiro atoms. The minimum atomic E-state index is 0.334. The zero-order valence-electron chi connectivity index (χ0n) is 15.0. The Labute approximate surface area is 154 Å². The van der Waals surface area contributed by atoms with E-state index in [0.717, 1.165) is 50.4 Å². The molecule has 0 amide bonds. The van der Waals surface area contributed by atoms with E-state index in [2.05, 4.69) is 56.6 Å². The van der Waals surface area contributed by atoms with Crippen LogP contribution in [0.4, 0.5) is 5.69 Å². The van der Waals surface area contributed by atoms with Gasteiger partial charge in [-0.25, -0.2) is 4.98 Å². The Morgan fingerprint density at radius 3 is 2.69 bits per heavy atom. The SMILES string of the molecule is OCC1CCN(Cc2ccc(NCc3ccnc4[nH]ccc34)cc2)CC1. The Balaban J connectivity index is 1.32. The van der Waals surface area contributed by atoms with Gasteiger partial charge in [0.05, 0.1) is 0 Å². The van der Waals surface area contributed by atoms with Crippen LogP contribution < -0.4 is 5.32 Å². The number of nitrogens with one attached hydrogen (secondary N) is 2. The molecule has 0 unspecified atom stereocenters. The van der Waals surface area contributed by atoms with E-state index >= 15 is 0 Å². The number of fused-ring (bicyclic) bond motifs is 1. The van der Waals surface area contributed by atoms with Gasteiger partial charge in [0, 0.05) is 43.2 Å². The second kappa shape index (κ2) is 7.89. The van der Waals surface area contributed by atoms with E-state index in [0.29, 0.717) is 12.5 Å². The molecule has 1 aliphatic heterocycles. The highest BCUT2D eigenvalue weighted by atomic mass is 16.3. The van der Waals surface area contributed by atoms with Crippen molar-refractivity contribution in [3.8, 4) is 0 Å². The Kier molecular flexibility index (Phi) is 5.18. The number of benzene rings is 1. The lowest BCUT2D eigenvalue weighted by Crippen LogP contribution is -2.34. The van der Waals surface area contributed by atoms with Gasteiger partial charge in [-0.05, 0) is 67.2 Å². The van der Waals surface area contributed by atoms with Gasteiger partial charge in [-0.15, -0.1) is 0 Å². The molecule has 3 heterocycles. The number of likely N-dealkylation sites (tertiary alicyclic amines) is 1. The number of anilines is 1. The van der Waals surface area contributed by atoms with E-state index in [1.165, 1.54) is 16.5 Å². The van der Waals surface area contributed by atoms with E-state index in [1.807, 2.05) is 12.4 Å². The number of hydrogen-bond acceptors (Lipinski definition) is 4. The van der Waals surface area contributed by atoms with Crippen molar-refractivity contribution in [2.75, 3.05) is 25.0 Å². The van der Waals surface area contributed by atoms with Crippen LogP contribution in [-0.4, -0.2) is 39.7 Å². The van der Waals surface area contributed by atoms with Crippen molar-refractivity contribution in [2.45, 2.75) is 25.9 Å². The predicted octanol–water partition coefficient (Wildman–Crippen LogP) is 3.38. The molecule has 0 bridgehead atoms. The van der Waals surface area contributed by atoms with Crippen LogP contribution in [0.5, 0.6) is 0 Å². The van der Waals surface area contributed by atoms with Crippen molar-refractivity contribution in [3.05, 3.63) is 59.9 Å². The number of aromatic nitrogens is 2. The fourth-order valence-electron chi connectivity index (χ4n) is 3.68. The summed E-state index contributed by atoms with van der Waals surface area (Å²) in [6, 6.07) is 12.9. The van der Waals surface area contributed by atoms with Gasteiger partial charge in [0.1, 0.15) is 5.65 Å². The molecule has 3 N–H and O–H groups in total. The summed E-state index contributed by atoms with van der Waals surface area (Å²) in [5.74, 6) is 0.498. The number of H-pyrrole nitrogens is 1. The number of nitrogens with zero attached hydrogens (tertiary/aromatic N) is 2. The van der Waals surface area contributed by atoms with Gasteiger partial charge in [0.2, 0.25) is 0 Å². The molecule has 0 atom stereocenters. The first-order valence-electron chi connectivity index (χ1n) is 9.39. The molecule has 5 nitrogen and oxygen atoms in total. The van der Waals surface area contributed by atoms with Crippen LogP contribution in [0.15, 0.2) is 48.8 Å². The molecule has 1 saturated heterocycles. The molecule has 4 rings (SSSR count). The highest BCUT2D eigenvalue weighted by Gasteiger charge is 2.18. The molecule has 5 heteroatoms. The summed E-state index contributed by atoms with van der Waals surface area (Å²) in [4.78, 5) is 9.97. The maximum atomic E-state index is 9.25. The average molecular weight is 350 g/mol. The van der Waals surface area contributed by atoms with E-state index in [9.17, 15) is 5.11 Å². The summed E-state index contributed by atoms with van der Waals surface area (Å²) in [5, 5.41) is 13.9. The second-order valence-electron chi connectivity index (χ2n) is 7.16. The lowest BCUT2D eigenvalue weighted by Gasteiger charge is -2.31. The van der Waals surface area contributed by atoms with Crippen LogP contribution in [0, 0.1) is 5.92 Å². The zero-order chi connectivity index (χ0) is 17.8. The fraction of sp³-hybridized carbons (Fsp3) is 0.381. The molecule has 1 fully saturated rings. The van der Waals surface area contributed by atoms with Gasteiger partial charge in [-0.3, -0.25) is 4.90 Å². The van der Waals surface area contributed by atoms with E-state index in [-0.39, 0.29) is 0 Å². The van der Waals surface area contributed by atoms with E-state index in [4.69, 9.17) is 0 Å². The number of aromatic amines is 1. The van der Waals surface area contributed by atoms with Gasteiger partial charge in [-0.2, -0.15) is 0 Å². The molecule has 3 aromatic rings. The van der Waals surface area contributed by atoms with Crippen LogP contribution >= 0.6 is 0 Å². The van der Waals surface area contributed by atoms with Gasteiger partial charge in [0.15, 0.2) is 0 Å². The summed E-state index contributed by atoms with van der Waals surface area (Å²) < 4.78 is 0. The van der Waals surface area contributed by atoms with Crippen LogP contribution in [-0.2, 0) is 13.1 Å². The van der Waals surface area contributed by atoms with Crippen molar-refractivity contribution in [1.82, 2.24) is 14.9 Å². The Hall–Kier alpha value is -2.37. The number of rotatable bonds is 6. The van der Waals surface area contributed by atoms with Gasteiger partial charge in [-0.1, -0.05) is 12.1 Å². The maximum absolute atomic E-state index is 9.25. The van der Waals surface area contributed by atoms with Crippen LogP contribution in [0.3, 0.4) is 0 Å². The zero-order valence-corrected chi connectivity index (χ0v) is 15.0. The lowest BCUT2D eigenvalue weighted by molar-refractivity contribution is 0.127. The minimum Gasteiger partial charge on any atom is -0.396 e. The summed E-state index contributed by atoms with van der Waals surface area (Å²) in [5.41, 5.74) is 4.65. The van der Waals surface area contributed by atoms with Crippen LogP contribution in [0.1, 0.15) is 24.0 Å². The standard InChI is InChI=1S/C21H26N4O/c26-15-17-7-11-25(12-8-17)14-16-1-3-19(4-2-16)24-13-18-5-9-22-21-20(18)6-10-23-21/h1-6,9-10,17,24,26H,7-8,11-15H2,(H,22,23). The third-order valence-corrected chi connectivity index (χ3v) is 5.36. The number of piperidine rings is 1. The molecule has 2 aromatic heterocycles. The Morgan fingerprint density at radius 2 is 1.92 bits per heavy atom. The Bertz CT molecular complexity index is 835. The smallest absolute Gasteiger partial charge is 0.137 e. The van der Waals surface area contributed by atoms with E-state index < -0.39 is 0 Å². The summed E-state index contributed by atoms with van der Waals surface area (Å²) >= 11 is 0. The molecule has 0 radical (unpaired) electrons. The number of pyridine rings is 1. The van der Waals surface area contributed by atoms with Crippen LogP contribution in [0.25, 0.3) is 11.0 Å². The molecular weight excluding hydrogens is 324 g/mol. The van der Waals surface area contributed by atoms with Gasteiger partial charge < -0.3 is 15.4 Å². The van der Waals surface area contributed by atoms with Crippen molar-refractivity contribution >= 4 is 16.7 Å². The Morgan fingerprint density at radius 1 is 1.12 bits per heavy atom. The van der Waals surface area contributed by atoms with Crippen molar-refractivity contribution < 1.29 is 5.11 Å². The second-order valence-corrected chi connectivity index (χ2v) is 7.16. The van der Waals surface area contributed by atoms with Crippen LogP contribution in [0.2, 0.25) is 0 Å². The molecular formula is C21H26N4O. The minimum absolute atomic E-state index is 0.334. The first-order chi connectivity index (χ1) is 12.8. The third kappa shape index (κ3) is 3.89. The quantitative estimate of drug-likeness (QED) is 0.638. The highest BCUT2D eigenvalue weighted by molar-refractivity contribution is 5.79. The molecule has 1 aromatic carbocycles. The molecule has 136 valence electrons. The lowest BCUT2D eigenvalue weighted by atomic mass is 9.97. The first-order valence-corrected chi connectivity index (χ1v) is 9.39. The largest absolute Gasteiger partial charge is 0.396 e. The third-order valence-electron chi connectivity index (χ3n) is 5.36. The maximum Gasteiger partial charge on any atom is 0.137 e. The van der Waals surface area contributed by atoms with Gasteiger partial charge in [0.25, 0.3) is 0 Å². The number of hydrogen-bond donors (Lipinski definition) is 3. The van der Waals surface area contributed by atoms with Crippen molar-refractivity contribution in [3.63, 3.8) is 0 Å². The molecule has 0 saturated carbocycles. The van der Waals surface area contributed by atoms with E-state index in [1.54, 1.807) is 0 Å². The number of aliphatic hydroxyl groups is 1. The monoisotopic (exact) mass is 350 g/mol. The molecule has 26 heavy (non-hydrogen) atoms. The first kappa shape index (κ1) is 17.1.